The molecule has 0 aliphatic carbocycles. The van der Waals surface area contributed by atoms with Crippen LogP contribution < -0.4 is 10.6 Å². The highest BCUT2D eigenvalue weighted by atomic mass is 79.9. The largest absolute Gasteiger partial charge is 0.471 e. The van der Waals surface area contributed by atoms with E-state index in [0.29, 0.717) is 0 Å². The molecule has 0 atom stereocenters. The quantitative estimate of drug-likeness (QED) is 0.838. The molecule has 1 rings (SSSR count). The molecule has 92 valence electrons. The molecule has 0 radical (unpaired) electrons. The van der Waals surface area contributed by atoms with Crippen molar-refractivity contribution in [1.29, 1.82) is 0 Å². The molecule has 0 unspecified atom stereocenters. The minimum atomic E-state index is -5.09. The van der Waals surface area contributed by atoms with Gasteiger partial charge < -0.3 is 5.32 Å². The van der Waals surface area contributed by atoms with Crippen molar-refractivity contribution in [2.75, 3.05) is 5.32 Å². The molecule has 4 nitrogen and oxygen atoms in total. The van der Waals surface area contributed by atoms with Gasteiger partial charge in [0.05, 0.1) is 0 Å². The summed E-state index contributed by atoms with van der Waals surface area (Å²) in [7, 11) is 0. The minimum Gasteiger partial charge on any atom is -0.308 e. The number of halogens is 4. The number of carbonyl (C=O) groups is 2. The van der Waals surface area contributed by atoms with Crippen molar-refractivity contribution in [3.8, 4) is 0 Å². The smallest absolute Gasteiger partial charge is 0.308 e. The summed E-state index contributed by atoms with van der Waals surface area (Å²) in [6, 6.07) is 4.85. The maximum atomic E-state index is 11.8. The van der Waals surface area contributed by atoms with Crippen molar-refractivity contribution in [2.24, 2.45) is 0 Å². The number of urea groups is 1. The third kappa shape index (κ3) is 4.43. The minimum absolute atomic E-state index is 0.265. The normalized spacial score (nSPS) is 10.8. The van der Waals surface area contributed by atoms with Crippen LogP contribution in [-0.2, 0) is 4.79 Å². The Morgan fingerprint density at radius 3 is 2.12 bits per heavy atom. The first kappa shape index (κ1) is 13.5. The molecule has 0 saturated carbocycles. The summed E-state index contributed by atoms with van der Waals surface area (Å²) in [6.07, 6.45) is -5.09. The SMILES string of the molecule is O=C(NC(=O)C(F)(F)F)Nc1ccc(Br)cc1. The van der Waals surface area contributed by atoms with E-state index in [0.717, 1.165) is 9.79 Å². The molecule has 0 aromatic heterocycles. The first-order valence-corrected chi connectivity index (χ1v) is 5.03. The van der Waals surface area contributed by atoms with Crippen LogP contribution in [0.3, 0.4) is 0 Å². The van der Waals surface area contributed by atoms with Crippen LogP contribution in [0.1, 0.15) is 0 Å². The molecule has 0 saturated heterocycles. The van der Waals surface area contributed by atoms with Gasteiger partial charge in [0.25, 0.3) is 0 Å². The van der Waals surface area contributed by atoms with Gasteiger partial charge in [-0.15, -0.1) is 0 Å². The number of carbonyl (C=O) groups excluding carboxylic acids is 2. The average Bonchev–Trinajstić information content (AvgIpc) is 2.20. The van der Waals surface area contributed by atoms with Gasteiger partial charge >= 0.3 is 18.1 Å². The Labute approximate surface area is 102 Å². The summed E-state index contributed by atoms with van der Waals surface area (Å²) < 4.78 is 36.2. The Hall–Kier alpha value is -1.57. The summed E-state index contributed by atoms with van der Waals surface area (Å²) in [4.78, 5) is 21.4. The average molecular weight is 311 g/mol. The van der Waals surface area contributed by atoms with Crippen molar-refractivity contribution in [3.63, 3.8) is 0 Å². The lowest BCUT2D eigenvalue weighted by Crippen LogP contribution is -2.42. The molecule has 1 aromatic carbocycles. The molecule has 0 fully saturated rings. The Morgan fingerprint density at radius 1 is 1.12 bits per heavy atom. The Balaban J connectivity index is 2.56. The van der Waals surface area contributed by atoms with Crippen LogP contribution in [0.4, 0.5) is 23.7 Å². The van der Waals surface area contributed by atoms with E-state index < -0.39 is 18.1 Å². The third-order valence-electron chi connectivity index (χ3n) is 1.59. The fraction of sp³-hybridized carbons (Fsp3) is 0.111. The third-order valence-corrected chi connectivity index (χ3v) is 2.12. The van der Waals surface area contributed by atoms with Crippen LogP contribution in [0.15, 0.2) is 28.7 Å². The van der Waals surface area contributed by atoms with Crippen LogP contribution in [0, 0.1) is 0 Å². The highest BCUT2D eigenvalue weighted by molar-refractivity contribution is 9.10. The molecule has 17 heavy (non-hydrogen) atoms. The number of nitrogens with one attached hydrogen (secondary N) is 2. The summed E-state index contributed by atoms with van der Waals surface area (Å²) in [6.45, 7) is 0. The second-order valence-corrected chi connectivity index (χ2v) is 3.83. The molecular formula is C9H6BrF3N2O2. The number of hydrogen-bond acceptors (Lipinski definition) is 2. The Bertz CT molecular complexity index is 431. The standard InChI is InChI=1S/C9H6BrF3N2O2/c10-5-1-3-6(4-2-5)14-8(17)15-7(16)9(11,12)13/h1-4H,(H2,14,15,16,17). The molecule has 1 aromatic rings. The first-order valence-electron chi connectivity index (χ1n) is 4.24. The molecular weight excluding hydrogens is 305 g/mol. The van der Waals surface area contributed by atoms with Crippen molar-refractivity contribution in [1.82, 2.24) is 5.32 Å². The summed E-state index contributed by atoms with van der Waals surface area (Å²) in [5.41, 5.74) is 0.265. The van der Waals surface area contributed by atoms with Crippen molar-refractivity contribution in [2.45, 2.75) is 6.18 Å². The van der Waals surface area contributed by atoms with E-state index in [1.165, 1.54) is 12.1 Å². The zero-order valence-corrected chi connectivity index (χ0v) is 9.72. The van der Waals surface area contributed by atoms with Gasteiger partial charge in [0.2, 0.25) is 0 Å². The van der Waals surface area contributed by atoms with Gasteiger partial charge in [0, 0.05) is 10.2 Å². The van der Waals surface area contributed by atoms with Crippen molar-refractivity contribution in [3.05, 3.63) is 28.7 Å². The van der Waals surface area contributed by atoms with E-state index in [1.807, 2.05) is 0 Å². The Morgan fingerprint density at radius 2 is 1.65 bits per heavy atom. The molecule has 0 bridgehead atoms. The van der Waals surface area contributed by atoms with Crippen LogP contribution in [-0.4, -0.2) is 18.1 Å². The van der Waals surface area contributed by atoms with Crippen LogP contribution in [0.2, 0.25) is 0 Å². The number of hydrogen-bond donors (Lipinski definition) is 2. The number of anilines is 1. The molecule has 2 N–H and O–H groups in total. The summed E-state index contributed by atoms with van der Waals surface area (Å²) >= 11 is 3.15. The zero-order chi connectivity index (χ0) is 13.1. The van der Waals surface area contributed by atoms with Crippen LogP contribution in [0.5, 0.6) is 0 Å². The summed E-state index contributed by atoms with van der Waals surface area (Å²) in [5.74, 6) is -2.31. The lowest BCUT2D eigenvalue weighted by Gasteiger charge is -2.08. The van der Waals surface area contributed by atoms with E-state index in [9.17, 15) is 22.8 Å². The number of rotatable bonds is 1. The van der Waals surface area contributed by atoms with Gasteiger partial charge in [-0.05, 0) is 24.3 Å². The number of amides is 3. The number of imide groups is 1. The van der Waals surface area contributed by atoms with E-state index >= 15 is 0 Å². The predicted octanol–water partition coefficient (Wildman–Crippen LogP) is 2.66. The zero-order valence-electron chi connectivity index (χ0n) is 8.14. The van der Waals surface area contributed by atoms with Crippen LogP contribution >= 0.6 is 15.9 Å². The van der Waals surface area contributed by atoms with E-state index in [4.69, 9.17) is 0 Å². The van der Waals surface area contributed by atoms with Crippen molar-refractivity contribution >= 4 is 33.6 Å². The topological polar surface area (TPSA) is 58.2 Å². The maximum Gasteiger partial charge on any atom is 0.471 e. The maximum absolute atomic E-state index is 11.8. The van der Waals surface area contributed by atoms with Crippen molar-refractivity contribution < 1.29 is 22.8 Å². The Kier molecular flexibility index (Phi) is 4.11. The lowest BCUT2D eigenvalue weighted by molar-refractivity contribution is -0.172. The summed E-state index contributed by atoms with van der Waals surface area (Å²) in [5, 5.41) is 3.24. The molecule has 0 heterocycles. The molecule has 0 spiro atoms. The molecule has 3 amide bonds. The van der Waals surface area contributed by atoms with Gasteiger partial charge in [-0.1, -0.05) is 15.9 Å². The van der Waals surface area contributed by atoms with E-state index in [2.05, 4.69) is 21.2 Å². The monoisotopic (exact) mass is 310 g/mol. The fourth-order valence-electron chi connectivity index (χ4n) is 0.870. The molecule has 8 heteroatoms. The van der Waals surface area contributed by atoms with E-state index in [-0.39, 0.29) is 5.69 Å². The number of alkyl halides is 3. The van der Waals surface area contributed by atoms with Gasteiger partial charge in [0.1, 0.15) is 0 Å². The first-order chi connectivity index (χ1) is 7.79. The van der Waals surface area contributed by atoms with Gasteiger partial charge in [-0.25, -0.2) is 4.79 Å². The second-order valence-electron chi connectivity index (χ2n) is 2.91. The van der Waals surface area contributed by atoms with Gasteiger partial charge in [0.15, 0.2) is 0 Å². The van der Waals surface area contributed by atoms with Crippen LogP contribution in [0.25, 0.3) is 0 Å². The van der Waals surface area contributed by atoms with Gasteiger partial charge in [-0.2, -0.15) is 13.2 Å². The molecule has 0 aliphatic rings. The molecule has 0 aliphatic heterocycles. The highest BCUT2D eigenvalue weighted by Gasteiger charge is 2.39. The predicted molar refractivity (Wildman–Crippen MR) is 57.4 cm³/mol. The van der Waals surface area contributed by atoms with E-state index in [1.54, 1.807) is 12.1 Å². The second kappa shape index (κ2) is 5.17. The van der Waals surface area contributed by atoms with Gasteiger partial charge in [-0.3, -0.25) is 10.1 Å². The highest BCUT2D eigenvalue weighted by Crippen LogP contribution is 2.15. The fourth-order valence-corrected chi connectivity index (χ4v) is 1.13. The lowest BCUT2D eigenvalue weighted by atomic mass is 10.3. The number of benzene rings is 1.